The van der Waals surface area contributed by atoms with Crippen LogP contribution in [0.1, 0.15) is 6.92 Å². The molecule has 13 heavy (non-hydrogen) atoms. The fourth-order valence-electron chi connectivity index (χ4n) is 1.65. The van der Waals surface area contributed by atoms with E-state index in [-0.39, 0.29) is 11.9 Å². The van der Waals surface area contributed by atoms with Crippen LogP contribution in [-0.4, -0.2) is 47.5 Å². The lowest BCUT2D eigenvalue weighted by Crippen LogP contribution is -2.58. The summed E-state index contributed by atoms with van der Waals surface area (Å²) in [4.78, 5) is 26.0. The third-order valence-electron chi connectivity index (χ3n) is 2.43. The van der Waals surface area contributed by atoms with Crippen LogP contribution in [0.15, 0.2) is 0 Å². The third kappa shape index (κ3) is 1.14. The molecule has 2 aliphatic rings. The molecule has 2 heterocycles. The van der Waals surface area contributed by atoms with E-state index in [9.17, 15) is 9.59 Å². The molecule has 0 aromatic rings. The highest BCUT2D eigenvalue weighted by Crippen LogP contribution is 2.11. The van der Waals surface area contributed by atoms with Gasteiger partial charge in [0.25, 0.3) is 5.91 Å². The van der Waals surface area contributed by atoms with Crippen molar-refractivity contribution in [2.45, 2.75) is 13.1 Å². The summed E-state index contributed by atoms with van der Waals surface area (Å²) in [6.45, 7) is 3.85. The summed E-state index contributed by atoms with van der Waals surface area (Å²) in [6.07, 6.45) is -0.499. The zero-order valence-corrected chi connectivity index (χ0v) is 7.41. The highest BCUT2D eigenvalue weighted by molar-refractivity contribution is 5.90. The molecule has 3 amide bonds. The van der Waals surface area contributed by atoms with Gasteiger partial charge >= 0.3 is 6.03 Å². The number of fused-ring (bicyclic) bond motifs is 1. The number of amides is 3. The zero-order chi connectivity index (χ0) is 9.42. The summed E-state index contributed by atoms with van der Waals surface area (Å²) >= 11 is 0. The van der Waals surface area contributed by atoms with Gasteiger partial charge in [0, 0.05) is 19.6 Å². The van der Waals surface area contributed by atoms with Crippen LogP contribution in [0, 0.1) is 0 Å². The van der Waals surface area contributed by atoms with E-state index < -0.39 is 6.17 Å². The van der Waals surface area contributed by atoms with E-state index in [4.69, 9.17) is 0 Å². The fraction of sp³-hybridized carbons (Fsp3) is 0.714. The molecule has 0 aliphatic carbocycles. The topological polar surface area (TPSA) is 64.7 Å². The minimum atomic E-state index is -0.499. The van der Waals surface area contributed by atoms with Crippen molar-refractivity contribution in [2.24, 2.45) is 0 Å². The number of urea groups is 1. The molecule has 0 spiro atoms. The van der Waals surface area contributed by atoms with E-state index in [0.29, 0.717) is 19.6 Å². The monoisotopic (exact) mass is 184 g/mol. The standard InChI is InChI=1S/C7H12N4O2/c1-2-10-3-4-11-5(6(10)12)8-9-7(11)13/h5,8H,2-4H2,1H3,(H,9,13). The van der Waals surface area contributed by atoms with E-state index in [0.717, 1.165) is 0 Å². The smallest absolute Gasteiger partial charge is 0.333 e. The Morgan fingerprint density at radius 3 is 2.92 bits per heavy atom. The second kappa shape index (κ2) is 2.88. The van der Waals surface area contributed by atoms with Crippen molar-refractivity contribution in [2.75, 3.05) is 19.6 Å². The first-order valence-electron chi connectivity index (χ1n) is 4.35. The highest BCUT2D eigenvalue weighted by Gasteiger charge is 2.41. The molecule has 2 aliphatic heterocycles. The number of rotatable bonds is 1. The summed E-state index contributed by atoms with van der Waals surface area (Å²) in [7, 11) is 0. The SMILES string of the molecule is CCN1CCN2C(=O)NNC2C1=O. The van der Waals surface area contributed by atoms with Crippen molar-refractivity contribution in [1.29, 1.82) is 0 Å². The van der Waals surface area contributed by atoms with Crippen LogP contribution >= 0.6 is 0 Å². The number of nitrogens with zero attached hydrogens (tertiary/aromatic N) is 2. The minimum absolute atomic E-state index is 0.0351. The van der Waals surface area contributed by atoms with Gasteiger partial charge in [0.15, 0.2) is 6.17 Å². The highest BCUT2D eigenvalue weighted by atomic mass is 16.2. The Hall–Kier alpha value is -1.30. The second-order valence-corrected chi connectivity index (χ2v) is 3.09. The Morgan fingerprint density at radius 1 is 1.46 bits per heavy atom. The molecule has 0 aromatic carbocycles. The van der Waals surface area contributed by atoms with Gasteiger partial charge in [-0.2, -0.15) is 0 Å². The number of carbonyl (C=O) groups is 2. The van der Waals surface area contributed by atoms with Gasteiger partial charge < -0.3 is 4.90 Å². The molecule has 1 unspecified atom stereocenters. The number of carbonyl (C=O) groups excluding carboxylic acids is 2. The predicted molar refractivity (Wildman–Crippen MR) is 44.4 cm³/mol. The van der Waals surface area contributed by atoms with Crippen molar-refractivity contribution >= 4 is 11.9 Å². The van der Waals surface area contributed by atoms with Crippen molar-refractivity contribution in [1.82, 2.24) is 20.7 Å². The summed E-state index contributed by atoms with van der Waals surface area (Å²) in [6, 6.07) is -0.214. The maximum Gasteiger partial charge on any atom is 0.333 e. The van der Waals surface area contributed by atoms with Crippen molar-refractivity contribution in [3.63, 3.8) is 0 Å². The van der Waals surface area contributed by atoms with Crippen LogP contribution in [0.2, 0.25) is 0 Å². The van der Waals surface area contributed by atoms with Gasteiger partial charge in [-0.1, -0.05) is 0 Å². The average Bonchev–Trinajstić information content (AvgIpc) is 2.50. The number of piperazine rings is 1. The van der Waals surface area contributed by atoms with Crippen LogP contribution in [0.5, 0.6) is 0 Å². The first kappa shape index (κ1) is 8.31. The number of nitrogens with one attached hydrogen (secondary N) is 2. The maximum atomic E-state index is 11.6. The van der Waals surface area contributed by atoms with Crippen LogP contribution in [-0.2, 0) is 4.79 Å². The minimum Gasteiger partial charge on any atom is -0.338 e. The Balaban J connectivity index is 2.14. The molecular formula is C7H12N4O2. The summed E-state index contributed by atoms with van der Waals surface area (Å²) in [5.41, 5.74) is 5.08. The van der Waals surface area contributed by atoms with Crippen molar-refractivity contribution in [3.8, 4) is 0 Å². The Morgan fingerprint density at radius 2 is 2.23 bits per heavy atom. The van der Waals surface area contributed by atoms with E-state index >= 15 is 0 Å². The summed E-state index contributed by atoms with van der Waals surface area (Å²) in [5, 5.41) is 0. The average molecular weight is 184 g/mol. The molecular weight excluding hydrogens is 172 g/mol. The number of hydrogen-bond donors (Lipinski definition) is 2. The van der Waals surface area contributed by atoms with E-state index in [1.807, 2.05) is 6.92 Å². The van der Waals surface area contributed by atoms with Crippen LogP contribution in [0.4, 0.5) is 4.79 Å². The van der Waals surface area contributed by atoms with Crippen LogP contribution in [0.3, 0.4) is 0 Å². The molecule has 6 nitrogen and oxygen atoms in total. The molecule has 72 valence electrons. The van der Waals surface area contributed by atoms with Gasteiger partial charge in [-0.25, -0.2) is 10.2 Å². The maximum absolute atomic E-state index is 11.6. The van der Waals surface area contributed by atoms with Gasteiger partial charge in [-0.15, -0.1) is 0 Å². The lowest BCUT2D eigenvalue weighted by molar-refractivity contribution is -0.139. The zero-order valence-electron chi connectivity index (χ0n) is 7.41. The molecule has 6 heteroatoms. The van der Waals surface area contributed by atoms with Crippen molar-refractivity contribution < 1.29 is 9.59 Å². The molecule has 1 atom stereocenters. The first-order valence-corrected chi connectivity index (χ1v) is 4.35. The van der Waals surface area contributed by atoms with Gasteiger partial charge in [0.05, 0.1) is 0 Å². The van der Waals surface area contributed by atoms with E-state index in [2.05, 4.69) is 10.9 Å². The quantitative estimate of drug-likeness (QED) is 0.532. The van der Waals surface area contributed by atoms with Crippen molar-refractivity contribution in [3.05, 3.63) is 0 Å². The van der Waals surface area contributed by atoms with Gasteiger partial charge in [-0.05, 0) is 6.92 Å². The van der Waals surface area contributed by atoms with Crippen LogP contribution in [0.25, 0.3) is 0 Å². The molecule has 2 fully saturated rings. The number of hydrogen-bond acceptors (Lipinski definition) is 3. The Kier molecular flexibility index (Phi) is 1.84. The number of hydrazine groups is 1. The summed E-state index contributed by atoms with van der Waals surface area (Å²) < 4.78 is 0. The second-order valence-electron chi connectivity index (χ2n) is 3.09. The molecule has 2 rings (SSSR count). The third-order valence-corrected chi connectivity index (χ3v) is 2.43. The van der Waals surface area contributed by atoms with E-state index in [1.165, 1.54) is 4.90 Å². The predicted octanol–water partition coefficient (Wildman–Crippen LogP) is -1.30. The number of likely N-dealkylation sites (N-methyl/N-ethyl adjacent to an activating group) is 1. The first-order chi connectivity index (χ1) is 6.24. The molecule has 0 saturated carbocycles. The summed E-state index contributed by atoms with van der Waals surface area (Å²) in [5.74, 6) is -0.0351. The molecule has 2 saturated heterocycles. The largest absolute Gasteiger partial charge is 0.338 e. The molecule has 0 aromatic heterocycles. The molecule has 0 radical (unpaired) electrons. The normalized spacial score (nSPS) is 27.6. The lowest BCUT2D eigenvalue weighted by Gasteiger charge is -2.34. The van der Waals surface area contributed by atoms with E-state index in [1.54, 1.807) is 4.90 Å². The molecule has 0 bridgehead atoms. The Bertz CT molecular complexity index is 255. The van der Waals surface area contributed by atoms with Gasteiger partial charge in [0.1, 0.15) is 0 Å². The van der Waals surface area contributed by atoms with Crippen LogP contribution < -0.4 is 10.9 Å². The van der Waals surface area contributed by atoms with Gasteiger partial charge in [0.2, 0.25) is 0 Å². The Labute approximate surface area is 75.8 Å². The van der Waals surface area contributed by atoms with Gasteiger partial charge in [-0.3, -0.25) is 15.1 Å². The molecule has 2 N–H and O–H groups in total. The lowest BCUT2D eigenvalue weighted by atomic mass is 10.3. The fourth-order valence-corrected chi connectivity index (χ4v) is 1.65.